The van der Waals surface area contributed by atoms with Crippen LogP contribution in [0.15, 0.2) is 0 Å². The standard InChI is InChI=1S/C11H22N2O2/c12-13-11(7-9-1-4-15-8-9)10-2-5-14-6-3-10/h9-11,13H,1-8,12H2. The average molecular weight is 214 g/mol. The molecule has 2 atom stereocenters. The van der Waals surface area contributed by atoms with E-state index in [4.69, 9.17) is 15.3 Å². The predicted octanol–water partition coefficient (Wildman–Crippen LogP) is 0.671. The van der Waals surface area contributed by atoms with Crippen LogP contribution in [0.5, 0.6) is 0 Å². The maximum atomic E-state index is 5.65. The molecule has 0 aromatic carbocycles. The Labute approximate surface area is 91.5 Å². The van der Waals surface area contributed by atoms with Gasteiger partial charge in [-0.3, -0.25) is 11.3 Å². The van der Waals surface area contributed by atoms with E-state index in [1.54, 1.807) is 0 Å². The number of hydrazine groups is 1. The van der Waals surface area contributed by atoms with Crippen LogP contribution in [0, 0.1) is 11.8 Å². The van der Waals surface area contributed by atoms with Gasteiger partial charge in [0.2, 0.25) is 0 Å². The van der Waals surface area contributed by atoms with Crippen LogP contribution >= 0.6 is 0 Å². The highest BCUT2D eigenvalue weighted by atomic mass is 16.5. The summed E-state index contributed by atoms with van der Waals surface area (Å²) in [5.41, 5.74) is 2.99. The van der Waals surface area contributed by atoms with Gasteiger partial charge >= 0.3 is 0 Å². The van der Waals surface area contributed by atoms with Gasteiger partial charge in [-0.25, -0.2) is 0 Å². The quantitative estimate of drug-likeness (QED) is 0.533. The van der Waals surface area contributed by atoms with E-state index in [1.165, 1.54) is 6.42 Å². The van der Waals surface area contributed by atoms with Crippen molar-refractivity contribution in [3.05, 3.63) is 0 Å². The van der Waals surface area contributed by atoms with Gasteiger partial charge in [0.15, 0.2) is 0 Å². The Morgan fingerprint density at radius 2 is 1.87 bits per heavy atom. The van der Waals surface area contributed by atoms with E-state index >= 15 is 0 Å². The first-order valence-corrected chi connectivity index (χ1v) is 6.01. The van der Waals surface area contributed by atoms with Crippen molar-refractivity contribution in [2.45, 2.75) is 31.7 Å². The van der Waals surface area contributed by atoms with Gasteiger partial charge in [0.05, 0.1) is 0 Å². The van der Waals surface area contributed by atoms with Crippen molar-refractivity contribution in [3.63, 3.8) is 0 Å². The molecule has 0 aliphatic carbocycles. The first-order valence-electron chi connectivity index (χ1n) is 6.01. The van der Waals surface area contributed by atoms with E-state index in [0.29, 0.717) is 17.9 Å². The van der Waals surface area contributed by atoms with E-state index in [-0.39, 0.29) is 0 Å². The molecule has 0 spiro atoms. The zero-order valence-electron chi connectivity index (χ0n) is 9.28. The second-order valence-electron chi connectivity index (χ2n) is 4.69. The van der Waals surface area contributed by atoms with Crippen LogP contribution in [-0.4, -0.2) is 32.5 Å². The third-order valence-corrected chi connectivity index (χ3v) is 3.66. The van der Waals surface area contributed by atoms with Crippen molar-refractivity contribution in [2.75, 3.05) is 26.4 Å². The summed E-state index contributed by atoms with van der Waals surface area (Å²) in [6.45, 7) is 3.63. The molecule has 0 radical (unpaired) electrons. The van der Waals surface area contributed by atoms with Crippen LogP contribution in [-0.2, 0) is 9.47 Å². The molecule has 0 aromatic heterocycles. The lowest BCUT2D eigenvalue weighted by Crippen LogP contribution is -2.44. The molecule has 2 saturated heterocycles. The van der Waals surface area contributed by atoms with Gasteiger partial charge in [0.1, 0.15) is 0 Å². The van der Waals surface area contributed by atoms with Crippen molar-refractivity contribution < 1.29 is 9.47 Å². The van der Waals surface area contributed by atoms with Gasteiger partial charge in [0, 0.05) is 32.5 Å². The summed E-state index contributed by atoms with van der Waals surface area (Å²) in [5.74, 6) is 7.04. The maximum Gasteiger partial charge on any atom is 0.0495 e. The van der Waals surface area contributed by atoms with E-state index in [2.05, 4.69) is 5.43 Å². The number of hydrogen-bond acceptors (Lipinski definition) is 4. The third-order valence-electron chi connectivity index (χ3n) is 3.66. The summed E-state index contributed by atoms with van der Waals surface area (Å²) in [6, 6.07) is 0.445. The Morgan fingerprint density at radius 3 is 2.47 bits per heavy atom. The Kier molecular flexibility index (Phi) is 4.38. The van der Waals surface area contributed by atoms with E-state index in [0.717, 1.165) is 45.7 Å². The van der Waals surface area contributed by atoms with Crippen LogP contribution in [0.1, 0.15) is 25.7 Å². The zero-order valence-corrected chi connectivity index (χ0v) is 9.28. The molecule has 15 heavy (non-hydrogen) atoms. The molecular formula is C11H22N2O2. The summed E-state index contributed by atoms with van der Waals surface area (Å²) in [4.78, 5) is 0. The van der Waals surface area contributed by atoms with Crippen LogP contribution < -0.4 is 11.3 Å². The minimum atomic E-state index is 0.445. The van der Waals surface area contributed by atoms with Crippen molar-refractivity contribution >= 4 is 0 Å². The number of hydrogen-bond donors (Lipinski definition) is 2. The molecule has 0 amide bonds. The van der Waals surface area contributed by atoms with Gasteiger partial charge in [0.25, 0.3) is 0 Å². The number of rotatable bonds is 4. The van der Waals surface area contributed by atoms with E-state index < -0.39 is 0 Å². The SMILES string of the molecule is NNC(CC1CCOC1)C1CCOCC1. The fraction of sp³-hybridized carbons (Fsp3) is 1.00. The molecule has 0 saturated carbocycles. The lowest BCUT2D eigenvalue weighted by atomic mass is 9.86. The van der Waals surface area contributed by atoms with Crippen LogP contribution in [0.3, 0.4) is 0 Å². The summed E-state index contributed by atoms with van der Waals surface area (Å²) in [5, 5.41) is 0. The lowest BCUT2D eigenvalue weighted by molar-refractivity contribution is 0.0497. The molecular weight excluding hydrogens is 192 g/mol. The largest absolute Gasteiger partial charge is 0.381 e. The molecule has 2 heterocycles. The highest BCUT2D eigenvalue weighted by Gasteiger charge is 2.27. The van der Waals surface area contributed by atoms with E-state index in [9.17, 15) is 0 Å². The highest BCUT2D eigenvalue weighted by molar-refractivity contribution is 4.80. The van der Waals surface area contributed by atoms with Crippen LogP contribution in [0.4, 0.5) is 0 Å². The Bertz CT molecular complexity index is 177. The Morgan fingerprint density at radius 1 is 1.13 bits per heavy atom. The maximum absolute atomic E-state index is 5.65. The smallest absolute Gasteiger partial charge is 0.0495 e. The summed E-state index contributed by atoms with van der Waals surface area (Å²) in [7, 11) is 0. The molecule has 4 heteroatoms. The van der Waals surface area contributed by atoms with Gasteiger partial charge < -0.3 is 9.47 Å². The first kappa shape index (κ1) is 11.3. The molecule has 4 nitrogen and oxygen atoms in total. The summed E-state index contributed by atoms with van der Waals surface area (Å²) < 4.78 is 10.8. The zero-order chi connectivity index (χ0) is 10.5. The molecule has 2 rings (SSSR count). The molecule has 3 N–H and O–H groups in total. The fourth-order valence-corrected chi connectivity index (χ4v) is 2.64. The minimum Gasteiger partial charge on any atom is -0.381 e. The second kappa shape index (κ2) is 5.80. The van der Waals surface area contributed by atoms with E-state index in [1.807, 2.05) is 0 Å². The van der Waals surface area contributed by atoms with Gasteiger partial charge in [-0.2, -0.15) is 0 Å². The minimum absolute atomic E-state index is 0.445. The summed E-state index contributed by atoms with van der Waals surface area (Å²) >= 11 is 0. The monoisotopic (exact) mass is 214 g/mol. The molecule has 2 aliphatic rings. The second-order valence-corrected chi connectivity index (χ2v) is 4.69. The number of nitrogens with two attached hydrogens (primary N) is 1. The predicted molar refractivity (Wildman–Crippen MR) is 58.2 cm³/mol. The molecule has 0 aromatic rings. The molecule has 0 bridgehead atoms. The first-order chi connectivity index (χ1) is 7.40. The third kappa shape index (κ3) is 3.14. The highest BCUT2D eigenvalue weighted by Crippen LogP contribution is 2.26. The van der Waals surface area contributed by atoms with Crippen molar-refractivity contribution in [1.29, 1.82) is 0 Å². The van der Waals surface area contributed by atoms with Gasteiger partial charge in [-0.15, -0.1) is 0 Å². The molecule has 2 unspecified atom stereocenters. The normalized spacial score (nSPS) is 30.6. The Balaban J connectivity index is 1.79. The van der Waals surface area contributed by atoms with Crippen molar-refractivity contribution in [2.24, 2.45) is 17.7 Å². The number of ether oxygens (including phenoxy) is 2. The fourth-order valence-electron chi connectivity index (χ4n) is 2.64. The Hall–Kier alpha value is -0.160. The molecule has 2 fully saturated rings. The number of nitrogens with one attached hydrogen (secondary N) is 1. The van der Waals surface area contributed by atoms with Gasteiger partial charge in [-0.05, 0) is 37.5 Å². The molecule has 88 valence electrons. The van der Waals surface area contributed by atoms with Crippen LogP contribution in [0.2, 0.25) is 0 Å². The van der Waals surface area contributed by atoms with Crippen LogP contribution in [0.25, 0.3) is 0 Å². The van der Waals surface area contributed by atoms with Gasteiger partial charge in [-0.1, -0.05) is 0 Å². The average Bonchev–Trinajstić information content (AvgIpc) is 2.80. The van der Waals surface area contributed by atoms with Crippen molar-refractivity contribution in [3.8, 4) is 0 Å². The van der Waals surface area contributed by atoms with Crippen molar-refractivity contribution in [1.82, 2.24) is 5.43 Å². The topological polar surface area (TPSA) is 56.5 Å². The summed E-state index contributed by atoms with van der Waals surface area (Å²) in [6.07, 6.45) is 4.63. The lowest BCUT2D eigenvalue weighted by Gasteiger charge is -2.31. The molecule has 2 aliphatic heterocycles.